The van der Waals surface area contributed by atoms with Crippen LogP contribution in [-0.2, 0) is 4.79 Å². The maximum atomic E-state index is 12.1. The van der Waals surface area contributed by atoms with Crippen LogP contribution in [0.25, 0.3) is 0 Å². The van der Waals surface area contributed by atoms with E-state index in [1.807, 2.05) is 34.0 Å². The summed E-state index contributed by atoms with van der Waals surface area (Å²) in [5.41, 5.74) is 1.98. The Kier molecular flexibility index (Phi) is 4.60. The largest absolute Gasteiger partial charge is 0.354 e. The van der Waals surface area contributed by atoms with Gasteiger partial charge in [-0.3, -0.25) is 4.79 Å². The highest BCUT2D eigenvalue weighted by Crippen LogP contribution is 2.23. The van der Waals surface area contributed by atoms with E-state index in [1.165, 1.54) is 0 Å². The SMILES string of the molecule is Cc1cc(N2CCNCC2)ncc1N(C)C(=O)C(C)C. The van der Waals surface area contributed by atoms with E-state index >= 15 is 0 Å². The topological polar surface area (TPSA) is 48.5 Å². The minimum absolute atomic E-state index is 0.00718. The number of piperazine rings is 1. The number of pyridine rings is 1. The van der Waals surface area contributed by atoms with E-state index in [1.54, 1.807) is 4.90 Å². The average Bonchev–Trinajstić information content (AvgIpc) is 2.46. The summed E-state index contributed by atoms with van der Waals surface area (Å²) in [4.78, 5) is 20.6. The molecule has 0 unspecified atom stereocenters. The van der Waals surface area contributed by atoms with Gasteiger partial charge in [0.1, 0.15) is 5.82 Å². The molecule has 1 aromatic heterocycles. The Morgan fingerprint density at radius 3 is 2.60 bits per heavy atom. The second-order valence-corrected chi connectivity index (χ2v) is 5.62. The Morgan fingerprint density at radius 2 is 2.05 bits per heavy atom. The molecule has 0 radical (unpaired) electrons. The number of aromatic nitrogens is 1. The van der Waals surface area contributed by atoms with Gasteiger partial charge in [0, 0.05) is 39.1 Å². The van der Waals surface area contributed by atoms with Crippen LogP contribution in [-0.4, -0.2) is 44.1 Å². The minimum Gasteiger partial charge on any atom is -0.354 e. The van der Waals surface area contributed by atoms with E-state index in [2.05, 4.69) is 21.3 Å². The number of hydrogen-bond donors (Lipinski definition) is 1. The molecule has 1 saturated heterocycles. The molecule has 1 aromatic rings. The maximum Gasteiger partial charge on any atom is 0.229 e. The molecule has 1 aliphatic rings. The minimum atomic E-state index is -0.00718. The van der Waals surface area contributed by atoms with Gasteiger partial charge < -0.3 is 15.1 Å². The summed E-state index contributed by atoms with van der Waals surface area (Å²) in [6.07, 6.45) is 1.81. The number of rotatable bonds is 3. The predicted molar refractivity (Wildman–Crippen MR) is 82.3 cm³/mol. The van der Waals surface area contributed by atoms with E-state index < -0.39 is 0 Å². The molecular weight excluding hydrogens is 252 g/mol. The molecule has 0 atom stereocenters. The molecule has 2 rings (SSSR count). The molecular formula is C15H24N4O. The lowest BCUT2D eigenvalue weighted by atomic mass is 10.1. The fourth-order valence-electron chi connectivity index (χ4n) is 2.46. The first kappa shape index (κ1) is 14.8. The van der Waals surface area contributed by atoms with Crippen molar-refractivity contribution in [1.82, 2.24) is 10.3 Å². The van der Waals surface area contributed by atoms with Gasteiger partial charge in [-0.05, 0) is 18.6 Å². The highest BCUT2D eigenvalue weighted by Gasteiger charge is 2.18. The van der Waals surface area contributed by atoms with Crippen LogP contribution in [0.3, 0.4) is 0 Å². The van der Waals surface area contributed by atoms with Crippen molar-refractivity contribution in [3.63, 3.8) is 0 Å². The lowest BCUT2D eigenvalue weighted by molar-refractivity contribution is -0.121. The first-order chi connectivity index (χ1) is 9.50. The van der Waals surface area contributed by atoms with Gasteiger partial charge in [-0.2, -0.15) is 0 Å². The summed E-state index contributed by atoms with van der Waals surface area (Å²) < 4.78 is 0. The van der Waals surface area contributed by atoms with Crippen LogP contribution in [0.2, 0.25) is 0 Å². The van der Waals surface area contributed by atoms with Gasteiger partial charge in [0.05, 0.1) is 11.9 Å². The number of amides is 1. The molecule has 0 aliphatic carbocycles. The third-order valence-corrected chi connectivity index (χ3v) is 3.70. The van der Waals surface area contributed by atoms with Crippen LogP contribution in [0.15, 0.2) is 12.3 Å². The quantitative estimate of drug-likeness (QED) is 0.907. The second kappa shape index (κ2) is 6.22. The molecule has 1 fully saturated rings. The molecule has 1 amide bonds. The van der Waals surface area contributed by atoms with Crippen LogP contribution < -0.4 is 15.1 Å². The van der Waals surface area contributed by atoms with Gasteiger partial charge in [0.2, 0.25) is 5.91 Å². The molecule has 5 heteroatoms. The van der Waals surface area contributed by atoms with E-state index in [9.17, 15) is 4.79 Å². The molecule has 0 bridgehead atoms. The van der Waals surface area contributed by atoms with E-state index in [-0.39, 0.29) is 11.8 Å². The fourth-order valence-corrected chi connectivity index (χ4v) is 2.46. The van der Waals surface area contributed by atoms with Crippen LogP contribution in [0.4, 0.5) is 11.5 Å². The van der Waals surface area contributed by atoms with Gasteiger partial charge in [0.25, 0.3) is 0 Å². The number of anilines is 2. The summed E-state index contributed by atoms with van der Waals surface area (Å²) in [7, 11) is 1.82. The molecule has 0 spiro atoms. The van der Waals surface area contributed by atoms with E-state index in [0.29, 0.717) is 0 Å². The normalized spacial score (nSPS) is 15.6. The Bertz CT molecular complexity index is 481. The van der Waals surface area contributed by atoms with Crippen LogP contribution in [0, 0.1) is 12.8 Å². The molecule has 110 valence electrons. The van der Waals surface area contributed by atoms with Crippen molar-refractivity contribution in [2.75, 3.05) is 43.0 Å². The number of carbonyl (C=O) groups excluding carboxylic acids is 1. The van der Waals surface area contributed by atoms with E-state index in [0.717, 1.165) is 43.2 Å². The lowest BCUT2D eigenvalue weighted by Gasteiger charge is -2.29. The van der Waals surface area contributed by atoms with Gasteiger partial charge >= 0.3 is 0 Å². The molecule has 0 saturated carbocycles. The fraction of sp³-hybridized carbons (Fsp3) is 0.600. The molecule has 20 heavy (non-hydrogen) atoms. The average molecular weight is 276 g/mol. The van der Waals surface area contributed by atoms with Crippen LogP contribution >= 0.6 is 0 Å². The Balaban J connectivity index is 2.19. The van der Waals surface area contributed by atoms with Crippen molar-refractivity contribution in [2.24, 2.45) is 5.92 Å². The number of aryl methyl sites for hydroxylation is 1. The van der Waals surface area contributed by atoms with Gasteiger partial charge in [-0.25, -0.2) is 4.98 Å². The van der Waals surface area contributed by atoms with Crippen molar-refractivity contribution < 1.29 is 4.79 Å². The summed E-state index contributed by atoms with van der Waals surface area (Å²) >= 11 is 0. The Morgan fingerprint density at radius 1 is 1.40 bits per heavy atom. The zero-order chi connectivity index (χ0) is 14.7. The first-order valence-corrected chi connectivity index (χ1v) is 7.20. The van der Waals surface area contributed by atoms with Gasteiger partial charge in [-0.1, -0.05) is 13.8 Å². The van der Waals surface area contributed by atoms with Crippen LogP contribution in [0.1, 0.15) is 19.4 Å². The maximum absolute atomic E-state index is 12.1. The van der Waals surface area contributed by atoms with Crippen molar-refractivity contribution in [2.45, 2.75) is 20.8 Å². The highest BCUT2D eigenvalue weighted by molar-refractivity contribution is 5.94. The summed E-state index contributed by atoms with van der Waals surface area (Å²) in [6.45, 7) is 9.81. The van der Waals surface area contributed by atoms with Crippen LogP contribution in [0.5, 0.6) is 0 Å². The van der Waals surface area contributed by atoms with Crippen molar-refractivity contribution >= 4 is 17.4 Å². The predicted octanol–water partition coefficient (Wildman–Crippen LogP) is 1.42. The van der Waals surface area contributed by atoms with Crippen molar-refractivity contribution in [1.29, 1.82) is 0 Å². The summed E-state index contributed by atoms with van der Waals surface area (Å²) in [6, 6.07) is 2.07. The lowest BCUT2D eigenvalue weighted by Crippen LogP contribution is -2.44. The Hall–Kier alpha value is -1.62. The number of hydrogen-bond acceptors (Lipinski definition) is 4. The standard InChI is InChI=1S/C15H24N4O/c1-11(2)15(20)18(4)13-10-17-14(9-12(13)3)19-7-5-16-6-8-19/h9-11,16H,5-8H2,1-4H3. The number of nitrogens with zero attached hydrogens (tertiary/aromatic N) is 3. The van der Waals surface area contributed by atoms with E-state index in [4.69, 9.17) is 0 Å². The molecule has 5 nitrogen and oxygen atoms in total. The number of carbonyl (C=O) groups is 1. The molecule has 2 heterocycles. The van der Waals surface area contributed by atoms with Gasteiger partial charge in [-0.15, -0.1) is 0 Å². The zero-order valence-electron chi connectivity index (χ0n) is 12.8. The third kappa shape index (κ3) is 3.10. The second-order valence-electron chi connectivity index (χ2n) is 5.62. The summed E-state index contributed by atoms with van der Waals surface area (Å²) in [5, 5.41) is 3.33. The summed E-state index contributed by atoms with van der Waals surface area (Å²) in [5.74, 6) is 1.11. The van der Waals surface area contributed by atoms with Gasteiger partial charge in [0.15, 0.2) is 0 Å². The number of nitrogens with one attached hydrogen (secondary N) is 1. The molecule has 1 N–H and O–H groups in total. The molecule has 1 aliphatic heterocycles. The molecule has 0 aromatic carbocycles. The smallest absolute Gasteiger partial charge is 0.229 e. The Labute approximate surface area is 121 Å². The van der Waals surface area contributed by atoms with Crippen molar-refractivity contribution in [3.8, 4) is 0 Å². The van der Waals surface area contributed by atoms with Crippen molar-refractivity contribution in [3.05, 3.63) is 17.8 Å². The first-order valence-electron chi connectivity index (χ1n) is 7.20. The monoisotopic (exact) mass is 276 g/mol. The third-order valence-electron chi connectivity index (χ3n) is 3.70. The zero-order valence-corrected chi connectivity index (χ0v) is 12.8. The highest BCUT2D eigenvalue weighted by atomic mass is 16.2.